The Balaban J connectivity index is 2.40. The fourth-order valence-electron chi connectivity index (χ4n) is 1.84. The zero-order valence-electron chi connectivity index (χ0n) is 9.30. The van der Waals surface area contributed by atoms with Crippen molar-refractivity contribution in [3.05, 3.63) is 59.7 Å². The van der Waals surface area contributed by atoms with E-state index in [4.69, 9.17) is 5.11 Å². The Morgan fingerprint density at radius 1 is 1.35 bits per heavy atom. The molecular weight excluding hydrogens is 221 g/mol. The lowest BCUT2D eigenvalue weighted by Gasteiger charge is -2.16. The fraction of sp³-hybridized carbons (Fsp3) is 0.154. The van der Waals surface area contributed by atoms with Crippen LogP contribution in [0.4, 0.5) is 4.39 Å². The summed E-state index contributed by atoms with van der Waals surface area (Å²) in [5.74, 6) is -1.31. The molecule has 2 aromatic rings. The largest absolute Gasteiger partial charge is 0.477 e. The predicted octanol–water partition coefficient (Wildman–Crippen LogP) is 2.93. The highest BCUT2D eigenvalue weighted by molar-refractivity contribution is 5.85. The molecule has 0 radical (unpaired) electrons. The van der Waals surface area contributed by atoms with Crippen molar-refractivity contribution in [3.63, 3.8) is 0 Å². The Kier molecular flexibility index (Phi) is 2.95. The van der Waals surface area contributed by atoms with E-state index in [1.807, 2.05) is 6.92 Å². The van der Waals surface area contributed by atoms with E-state index >= 15 is 0 Å². The van der Waals surface area contributed by atoms with Crippen LogP contribution in [0.5, 0.6) is 0 Å². The third-order valence-electron chi connectivity index (χ3n) is 2.75. The van der Waals surface area contributed by atoms with Gasteiger partial charge >= 0.3 is 5.97 Å². The Morgan fingerprint density at radius 3 is 2.76 bits per heavy atom. The van der Waals surface area contributed by atoms with Gasteiger partial charge in [0.1, 0.15) is 11.5 Å². The summed E-state index contributed by atoms with van der Waals surface area (Å²) in [7, 11) is 0. The molecule has 1 N–H and O–H groups in total. The molecule has 0 saturated carbocycles. The van der Waals surface area contributed by atoms with Crippen LogP contribution < -0.4 is 0 Å². The van der Waals surface area contributed by atoms with Crippen LogP contribution in [-0.2, 0) is 0 Å². The van der Waals surface area contributed by atoms with Gasteiger partial charge in [0, 0.05) is 6.20 Å². The number of aromatic carboxylic acids is 1. The lowest BCUT2D eigenvalue weighted by molar-refractivity contribution is 0.0684. The van der Waals surface area contributed by atoms with Gasteiger partial charge in [-0.3, -0.25) is 0 Å². The molecule has 1 aromatic carbocycles. The topological polar surface area (TPSA) is 42.2 Å². The summed E-state index contributed by atoms with van der Waals surface area (Å²) < 4.78 is 14.7. The number of carbonyl (C=O) groups is 1. The van der Waals surface area contributed by atoms with E-state index in [2.05, 4.69) is 0 Å². The molecule has 2 rings (SSSR count). The minimum atomic E-state index is -0.988. The van der Waals surface area contributed by atoms with Gasteiger partial charge in [0.25, 0.3) is 0 Å². The van der Waals surface area contributed by atoms with Crippen molar-refractivity contribution >= 4 is 5.97 Å². The lowest BCUT2D eigenvalue weighted by Crippen LogP contribution is -2.13. The Bertz CT molecular complexity index is 548. The second-order valence-electron chi connectivity index (χ2n) is 3.84. The molecule has 0 saturated heterocycles. The first-order chi connectivity index (χ1) is 8.09. The number of hydrogen-bond donors (Lipinski definition) is 1. The van der Waals surface area contributed by atoms with Crippen LogP contribution in [-0.4, -0.2) is 15.6 Å². The van der Waals surface area contributed by atoms with E-state index in [1.54, 1.807) is 29.0 Å². The Hall–Kier alpha value is -2.10. The molecule has 1 unspecified atom stereocenters. The molecule has 0 amide bonds. The maximum absolute atomic E-state index is 13.1. The number of aromatic nitrogens is 1. The highest BCUT2D eigenvalue weighted by atomic mass is 19.1. The zero-order valence-corrected chi connectivity index (χ0v) is 9.30. The van der Waals surface area contributed by atoms with Gasteiger partial charge in [-0.15, -0.1) is 0 Å². The van der Waals surface area contributed by atoms with Crippen molar-refractivity contribution in [1.82, 2.24) is 4.57 Å². The average molecular weight is 233 g/mol. The molecule has 4 heteroatoms. The summed E-state index contributed by atoms with van der Waals surface area (Å²) >= 11 is 0. The van der Waals surface area contributed by atoms with Crippen LogP contribution in [0.25, 0.3) is 0 Å². The summed E-state index contributed by atoms with van der Waals surface area (Å²) in [5.41, 5.74) is 0.936. The highest BCUT2D eigenvalue weighted by Gasteiger charge is 2.15. The predicted molar refractivity (Wildman–Crippen MR) is 61.6 cm³/mol. The van der Waals surface area contributed by atoms with Crippen LogP contribution in [0.15, 0.2) is 42.6 Å². The first kappa shape index (κ1) is 11.4. The van der Waals surface area contributed by atoms with Crippen molar-refractivity contribution in [3.8, 4) is 0 Å². The third-order valence-corrected chi connectivity index (χ3v) is 2.75. The van der Waals surface area contributed by atoms with Crippen LogP contribution >= 0.6 is 0 Å². The van der Waals surface area contributed by atoms with Gasteiger partial charge in [0.15, 0.2) is 0 Å². The number of benzene rings is 1. The minimum Gasteiger partial charge on any atom is -0.477 e. The van der Waals surface area contributed by atoms with Gasteiger partial charge in [-0.2, -0.15) is 0 Å². The number of nitrogens with zero attached hydrogens (tertiary/aromatic N) is 1. The molecule has 88 valence electrons. The van der Waals surface area contributed by atoms with Crippen LogP contribution in [0, 0.1) is 5.82 Å². The molecule has 1 heterocycles. The number of hydrogen-bond acceptors (Lipinski definition) is 1. The van der Waals surface area contributed by atoms with Gasteiger partial charge < -0.3 is 9.67 Å². The van der Waals surface area contributed by atoms with Crippen LogP contribution in [0.1, 0.15) is 29.0 Å². The number of halogens is 1. The lowest BCUT2D eigenvalue weighted by atomic mass is 10.1. The molecule has 0 fully saturated rings. The molecular formula is C13H12FNO2. The van der Waals surface area contributed by atoms with Crippen LogP contribution in [0.2, 0.25) is 0 Å². The average Bonchev–Trinajstić information content (AvgIpc) is 2.77. The van der Waals surface area contributed by atoms with E-state index < -0.39 is 5.97 Å². The summed E-state index contributed by atoms with van der Waals surface area (Å²) in [6.07, 6.45) is 1.68. The van der Waals surface area contributed by atoms with Crippen molar-refractivity contribution in [2.45, 2.75) is 13.0 Å². The first-order valence-corrected chi connectivity index (χ1v) is 5.25. The maximum atomic E-state index is 13.1. The van der Waals surface area contributed by atoms with Gasteiger partial charge in [0.2, 0.25) is 0 Å². The molecule has 1 atom stereocenters. The zero-order chi connectivity index (χ0) is 12.4. The van der Waals surface area contributed by atoms with E-state index in [-0.39, 0.29) is 17.6 Å². The van der Waals surface area contributed by atoms with Crippen LogP contribution in [0.3, 0.4) is 0 Å². The Morgan fingerprint density at radius 2 is 2.12 bits per heavy atom. The Labute approximate surface area is 98.1 Å². The summed E-state index contributed by atoms with van der Waals surface area (Å²) in [6.45, 7) is 1.83. The maximum Gasteiger partial charge on any atom is 0.352 e. The molecule has 1 aromatic heterocycles. The summed E-state index contributed by atoms with van der Waals surface area (Å²) in [4.78, 5) is 11.0. The summed E-state index contributed by atoms with van der Waals surface area (Å²) in [5, 5.41) is 9.01. The van der Waals surface area contributed by atoms with E-state index in [0.29, 0.717) is 0 Å². The van der Waals surface area contributed by atoms with Crippen molar-refractivity contribution < 1.29 is 14.3 Å². The minimum absolute atomic E-state index is 0.196. The van der Waals surface area contributed by atoms with E-state index in [1.165, 1.54) is 18.2 Å². The van der Waals surface area contributed by atoms with Gasteiger partial charge in [-0.05, 0) is 36.8 Å². The van der Waals surface area contributed by atoms with Crippen molar-refractivity contribution in [2.24, 2.45) is 0 Å². The number of carboxylic acid groups (broad SMARTS) is 1. The molecule has 0 aliphatic rings. The molecule has 0 aliphatic heterocycles. The second-order valence-corrected chi connectivity index (χ2v) is 3.84. The standard InChI is InChI=1S/C13H12FNO2/c1-9(10-4-2-5-11(14)8-10)15-7-3-6-12(15)13(16)17/h2-9H,1H3,(H,16,17). The van der Waals surface area contributed by atoms with Crippen molar-refractivity contribution in [2.75, 3.05) is 0 Å². The number of rotatable bonds is 3. The monoisotopic (exact) mass is 233 g/mol. The first-order valence-electron chi connectivity index (χ1n) is 5.25. The summed E-state index contributed by atoms with van der Waals surface area (Å²) in [6, 6.07) is 9.15. The second kappa shape index (κ2) is 4.41. The fourth-order valence-corrected chi connectivity index (χ4v) is 1.84. The van der Waals surface area contributed by atoms with Gasteiger partial charge in [-0.25, -0.2) is 9.18 Å². The van der Waals surface area contributed by atoms with E-state index in [0.717, 1.165) is 5.56 Å². The molecule has 17 heavy (non-hydrogen) atoms. The highest BCUT2D eigenvalue weighted by Crippen LogP contribution is 2.21. The van der Waals surface area contributed by atoms with Gasteiger partial charge in [-0.1, -0.05) is 12.1 Å². The third kappa shape index (κ3) is 2.20. The molecule has 3 nitrogen and oxygen atoms in total. The molecule has 0 aliphatic carbocycles. The SMILES string of the molecule is CC(c1cccc(F)c1)n1cccc1C(=O)O. The molecule has 0 spiro atoms. The quantitative estimate of drug-likeness (QED) is 0.885. The number of carboxylic acids is 1. The van der Waals surface area contributed by atoms with Gasteiger partial charge in [0.05, 0.1) is 6.04 Å². The molecule has 0 bridgehead atoms. The normalized spacial score (nSPS) is 12.4. The van der Waals surface area contributed by atoms with Crippen molar-refractivity contribution in [1.29, 1.82) is 0 Å². The smallest absolute Gasteiger partial charge is 0.352 e. The van der Waals surface area contributed by atoms with E-state index in [9.17, 15) is 9.18 Å².